The topological polar surface area (TPSA) is 65.8 Å². The molecule has 2 heterocycles. The van der Waals surface area contributed by atoms with Gasteiger partial charge in [0.2, 0.25) is 5.91 Å². The maximum atomic E-state index is 12.3. The number of hydrogen-bond acceptors (Lipinski definition) is 5. The van der Waals surface area contributed by atoms with Crippen LogP contribution in [0.5, 0.6) is 0 Å². The summed E-state index contributed by atoms with van der Waals surface area (Å²) in [4.78, 5) is 27.8. The molecule has 0 aromatic carbocycles. The second kappa shape index (κ2) is 7.01. The molecule has 1 amide bonds. The van der Waals surface area contributed by atoms with Gasteiger partial charge in [-0.25, -0.2) is 0 Å². The Kier molecular flexibility index (Phi) is 5.33. The van der Waals surface area contributed by atoms with E-state index in [9.17, 15) is 9.59 Å². The molecule has 0 unspecified atom stereocenters. The monoisotopic (exact) mass is 299 g/mol. The van der Waals surface area contributed by atoms with Gasteiger partial charge in [-0.15, -0.1) is 0 Å². The van der Waals surface area contributed by atoms with E-state index in [1.165, 1.54) is 4.57 Å². The van der Waals surface area contributed by atoms with Crippen molar-refractivity contribution >= 4 is 17.2 Å². The zero-order valence-corrected chi connectivity index (χ0v) is 12.6. The van der Waals surface area contributed by atoms with E-state index in [2.05, 4.69) is 4.90 Å². The van der Waals surface area contributed by atoms with Crippen molar-refractivity contribution in [1.82, 2.24) is 14.4 Å². The van der Waals surface area contributed by atoms with Crippen LogP contribution < -0.4 is 4.87 Å². The second-order valence-electron chi connectivity index (χ2n) is 5.03. The molecular formula is C13H21N3O3S. The summed E-state index contributed by atoms with van der Waals surface area (Å²) >= 11 is 1.13. The number of nitrogens with zero attached hydrogens (tertiary/aromatic N) is 3. The van der Waals surface area contributed by atoms with Crippen molar-refractivity contribution in [2.75, 3.05) is 39.3 Å². The first-order chi connectivity index (χ1) is 9.61. The lowest BCUT2D eigenvalue weighted by molar-refractivity contribution is -0.131. The van der Waals surface area contributed by atoms with Crippen molar-refractivity contribution in [3.8, 4) is 0 Å². The fraction of sp³-hybridized carbons (Fsp3) is 0.692. The highest BCUT2D eigenvalue weighted by molar-refractivity contribution is 7.07. The van der Waals surface area contributed by atoms with Gasteiger partial charge in [0.1, 0.15) is 6.54 Å². The van der Waals surface area contributed by atoms with Crippen molar-refractivity contribution in [3.05, 3.63) is 20.7 Å². The number of aryl methyl sites for hydroxylation is 1. The minimum atomic E-state index is -0.0763. The van der Waals surface area contributed by atoms with E-state index in [1.807, 2.05) is 11.8 Å². The Balaban J connectivity index is 1.94. The summed E-state index contributed by atoms with van der Waals surface area (Å²) in [5.74, 6) is -0.000511. The zero-order valence-electron chi connectivity index (χ0n) is 11.7. The minimum Gasteiger partial charge on any atom is -0.395 e. The van der Waals surface area contributed by atoms with Crippen LogP contribution in [0.4, 0.5) is 0 Å². The molecular weight excluding hydrogens is 278 g/mol. The Morgan fingerprint density at radius 2 is 2.15 bits per heavy atom. The summed E-state index contributed by atoms with van der Waals surface area (Å²) in [6.45, 7) is 5.86. The molecule has 0 bridgehead atoms. The van der Waals surface area contributed by atoms with Gasteiger partial charge >= 0.3 is 4.87 Å². The van der Waals surface area contributed by atoms with E-state index in [0.29, 0.717) is 13.1 Å². The SMILES string of the molecule is Cc1csc(=O)n1CC(=O)N1CCCN(CCO)CC1. The molecule has 1 aromatic rings. The van der Waals surface area contributed by atoms with Crippen LogP contribution in [0, 0.1) is 6.92 Å². The molecule has 1 aliphatic rings. The maximum Gasteiger partial charge on any atom is 0.307 e. The number of β-amino-alcohol motifs (C(OH)–C–C–N with tert-alkyl or cyclic N) is 1. The Hall–Kier alpha value is -1.18. The van der Waals surface area contributed by atoms with Crippen LogP contribution in [0.1, 0.15) is 12.1 Å². The number of carbonyl (C=O) groups excluding carboxylic acids is 1. The van der Waals surface area contributed by atoms with Crippen LogP contribution in [0.15, 0.2) is 10.2 Å². The third kappa shape index (κ3) is 3.68. The lowest BCUT2D eigenvalue weighted by atomic mass is 10.3. The van der Waals surface area contributed by atoms with Crippen LogP contribution >= 0.6 is 11.3 Å². The van der Waals surface area contributed by atoms with Crippen molar-refractivity contribution in [2.24, 2.45) is 0 Å². The van der Waals surface area contributed by atoms with Gasteiger partial charge in [-0.1, -0.05) is 11.3 Å². The summed E-state index contributed by atoms with van der Waals surface area (Å²) in [7, 11) is 0. The predicted molar refractivity (Wildman–Crippen MR) is 78.0 cm³/mol. The predicted octanol–water partition coefficient (Wildman–Crippen LogP) is -0.255. The lowest BCUT2D eigenvalue weighted by Crippen LogP contribution is -2.38. The summed E-state index contributed by atoms with van der Waals surface area (Å²) < 4.78 is 1.53. The number of carbonyl (C=O) groups is 1. The van der Waals surface area contributed by atoms with Gasteiger partial charge in [-0.3, -0.25) is 19.1 Å². The van der Waals surface area contributed by atoms with Gasteiger partial charge in [-0.05, 0) is 19.9 Å². The number of aliphatic hydroxyl groups is 1. The van der Waals surface area contributed by atoms with E-state index in [4.69, 9.17) is 5.11 Å². The van der Waals surface area contributed by atoms with Crippen molar-refractivity contribution in [2.45, 2.75) is 19.9 Å². The van der Waals surface area contributed by atoms with Gasteiger partial charge < -0.3 is 10.0 Å². The fourth-order valence-electron chi connectivity index (χ4n) is 2.42. The van der Waals surface area contributed by atoms with Crippen LogP contribution in [-0.4, -0.2) is 64.7 Å². The normalized spacial score (nSPS) is 17.2. The molecule has 20 heavy (non-hydrogen) atoms. The first kappa shape index (κ1) is 15.2. The Morgan fingerprint density at radius 3 is 2.80 bits per heavy atom. The van der Waals surface area contributed by atoms with Gasteiger partial charge in [-0.2, -0.15) is 0 Å². The van der Waals surface area contributed by atoms with Gasteiger partial charge in [0.25, 0.3) is 0 Å². The standard InChI is InChI=1S/C13H21N3O3S/c1-11-10-20-13(19)16(11)9-12(18)15-4-2-3-14(5-6-15)7-8-17/h10,17H,2-9H2,1H3. The Labute approximate surface area is 122 Å². The summed E-state index contributed by atoms with van der Waals surface area (Å²) in [6, 6.07) is 0. The smallest absolute Gasteiger partial charge is 0.307 e. The highest BCUT2D eigenvalue weighted by Crippen LogP contribution is 2.06. The molecule has 6 nitrogen and oxygen atoms in total. The quantitative estimate of drug-likeness (QED) is 0.832. The maximum absolute atomic E-state index is 12.3. The van der Waals surface area contributed by atoms with Crippen LogP contribution in [0.2, 0.25) is 0 Å². The molecule has 0 radical (unpaired) electrons. The molecule has 0 aliphatic carbocycles. The van der Waals surface area contributed by atoms with Gasteiger partial charge in [0, 0.05) is 37.3 Å². The van der Waals surface area contributed by atoms with E-state index >= 15 is 0 Å². The zero-order chi connectivity index (χ0) is 14.5. The summed E-state index contributed by atoms with van der Waals surface area (Å²) in [6.07, 6.45) is 0.906. The second-order valence-corrected chi connectivity index (χ2v) is 5.85. The average Bonchev–Trinajstić information content (AvgIpc) is 2.66. The molecule has 1 aliphatic heterocycles. The Bertz CT molecular complexity index is 511. The molecule has 0 atom stereocenters. The van der Waals surface area contributed by atoms with Gasteiger partial charge in [0.15, 0.2) is 0 Å². The largest absolute Gasteiger partial charge is 0.395 e. The van der Waals surface area contributed by atoms with E-state index in [-0.39, 0.29) is 23.9 Å². The minimum absolute atomic E-state index is 0.000511. The van der Waals surface area contributed by atoms with E-state index < -0.39 is 0 Å². The van der Waals surface area contributed by atoms with Crippen molar-refractivity contribution in [3.63, 3.8) is 0 Å². The molecule has 112 valence electrons. The van der Waals surface area contributed by atoms with Crippen LogP contribution in [0.3, 0.4) is 0 Å². The molecule has 0 saturated carbocycles. The first-order valence-electron chi connectivity index (χ1n) is 6.87. The Morgan fingerprint density at radius 1 is 1.35 bits per heavy atom. The number of rotatable bonds is 4. The molecule has 7 heteroatoms. The highest BCUT2D eigenvalue weighted by atomic mass is 32.1. The molecule has 1 aromatic heterocycles. The highest BCUT2D eigenvalue weighted by Gasteiger charge is 2.20. The first-order valence-corrected chi connectivity index (χ1v) is 7.75. The van der Waals surface area contributed by atoms with Crippen LogP contribution in [0.25, 0.3) is 0 Å². The van der Waals surface area contributed by atoms with Gasteiger partial charge in [0.05, 0.1) is 6.61 Å². The molecule has 0 spiro atoms. The third-order valence-electron chi connectivity index (χ3n) is 3.63. The number of hydrogen-bond donors (Lipinski definition) is 1. The number of thiazole rings is 1. The summed E-state index contributed by atoms with van der Waals surface area (Å²) in [5.41, 5.74) is 0.838. The molecule has 2 rings (SSSR count). The molecule has 1 N–H and O–H groups in total. The van der Waals surface area contributed by atoms with Crippen LogP contribution in [-0.2, 0) is 11.3 Å². The number of aromatic nitrogens is 1. The molecule has 1 saturated heterocycles. The van der Waals surface area contributed by atoms with E-state index in [0.717, 1.165) is 43.1 Å². The lowest BCUT2D eigenvalue weighted by Gasteiger charge is -2.21. The number of amides is 1. The fourth-order valence-corrected chi connectivity index (χ4v) is 3.15. The average molecular weight is 299 g/mol. The van der Waals surface area contributed by atoms with Crippen molar-refractivity contribution in [1.29, 1.82) is 0 Å². The van der Waals surface area contributed by atoms with E-state index in [1.54, 1.807) is 5.38 Å². The molecule has 1 fully saturated rings. The third-order valence-corrected chi connectivity index (χ3v) is 4.51. The van der Waals surface area contributed by atoms with Crippen molar-refractivity contribution < 1.29 is 9.90 Å². The summed E-state index contributed by atoms with van der Waals surface area (Å²) in [5, 5.41) is 10.7. The number of aliphatic hydroxyl groups excluding tert-OH is 1.